The Kier molecular flexibility index (Phi) is 18.9. The van der Waals surface area contributed by atoms with E-state index in [-0.39, 0.29) is 40.6 Å². The second kappa shape index (κ2) is 27.2. The molecule has 446 valence electrons. The molecule has 0 aliphatic carbocycles. The number of β-lactam (4-membered cyclic amide) rings is 1. The lowest BCUT2D eigenvalue weighted by Gasteiger charge is -2.49. The molecule has 2 amide bonds. The number of methoxy groups -OCH3 is 1. The van der Waals surface area contributed by atoms with Crippen molar-refractivity contribution in [3.63, 3.8) is 0 Å². The van der Waals surface area contributed by atoms with Crippen LogP contribution in [0.1, 0.15) is 48.7 Å². The van der Waals surface area contributed by atoms with E-state index < -0.39 is 70.3 Å². The summed E-state index contributed by atoms with van der Waals surface area (Å²) in [6, 6.07) is 53.7. The SMILES string of the molecule is COc1ccc(COC(=O)C2=C(CSc3nc4c[n+](C)ccc4o3)CS[C@H]3C(NC(=O)/C(=N\OC(C(=O)c4ccccc4)C(=O)c4ccccc4)c4csc(NC(c5ccccc5)(c5ccccc5)c5ccccc5)n4)C(=O)N23)cc1.O=C([O-])C(F)(F)F. The zero-order valence-electron chi connectivity index (χ0n) is 46.5. The van der Waals surface area contributed by atoms with Crippen LogP contribution in [0.4, 0.5) is 18.3 Å². The molecule has 1 fully saturated rings. The molecule has 11 rings (SSSR count). The van der Waals surface area contributed by atoms with Crippen molar-refractivity contribution in [2.24, 2.45) is 12.2 Å². The number of carbonyl (C=O) groups excluding carboxylic acids is 6. The summed E-state index contributed by atoms with van der Waals surface area (Å²) in [6.07, 6.45) is -3.34. The van der Waals surface area contributed by atoms with E-state index >= 15 is 4.79 Å². The number of fused-ring (bicyclic) bond motifs is 2. The third-order valence-electron chi connectivity index (χ3n) is 13.8. The number of aliphatic carboxylic acids is 1. The number of pyridine rings is 1. The molecule has 2 N–H and O–H groups in total. The number of hydrogen-bond donors (Lipinski definition) is 2. The monoisotopic (exact) mass is 1250 g/mol. The number of aromatic nitrogens is 3. The molecule has 88 heavy (non-hydrogen) atoms. The van der Waals surface area contributed by atoms with Gasteiger partial charge in [-0.25, -0.2) is 14.3 Å². The molecule has 1 unspecified atom stereocenters. The number of hydrogen-bond acceptors (Lipinski definition) is 18. The van der Waals surface area contributed by atoms with Crippen LogP contribution in [-0.2, 0) is 47.9 Å². The van der Waals surface area contributed by atoms with Crippen molar-refractivity contribution in [2.75, 3.05) is 23.9 Å². The van der Waals surface area contributed by atoms with Gasteiger partial charge in [-0.05, 0) is 40.0 Å². The predicted octanol–water partition coefficient (Wildman–Crippen LogP) is 8.86. The predicted molar refractivity (Wildman–Crippen MR) is 320 cm³/mol. The van der Waals surface area contributed by atoms with Crippen LogP contribution in [0.3, 0.4) is 0 Å². The van der Waals surface area contributed by atoms with E-state index in [0.717, 1.165) is 16.7 Å². The number of thioether (sulfide) groups is 2. The summed E-state index contributed by atoms with van der Waals surface area (Å²) in [5.74, 6) is -5.50. The number of oxazole rings is 1. The minimum Gasteiger partial charge on any atom is -0.542 e. The molecule has 2 atom stereocenters. The van der Waals surface area contributed by atoms with Crippen LogP contribution in [-0.4, -0.2) is 98.2 Å². The van der Waals surface area contributed by atoms with Crippen molar-refractivity contribution in [3.8, 4) is 5.75 Å². The molecule has 24 heteroatoms. The number of nitrogens with one attached hydrogen (secondary N) is 2. The minimum absolute atomic E-state index is 0.0102. The molecule has 2 aliphatic rings. The van der Waals surface area contributed by atoms with E-state index in [4.69, 9.17) is 33.6 Å². The molecule has 0 radical (unpaired) electrons. The van der Waals surface area contributed by atoms with Crippen LogP contribution in [0.2, 0.25) is 0 Å². The van der Waals surface area contributed by atoms with E-state index in [1.54, 1.807) is 97.4 Å². The lowest BCUT2D eigenvalue weighted by molar-refractivity contribution is -0.670. The van der Waals surface area contributed by atoms with Crippen molar-refractivity contribution in [1.29, 1.82) is 0 Å². The van der Waals surface area contributed by atoms with Crippen molar-refractivity contribution in [3.05, 3.63) is 250 Å². The fourth-order valence-corrected chi connectivity index (χ4v) is 12.6. The number of anilines is 1. The van der Waals surface area contributed by atoms with Crippen LogP contribution >= 0.6 is 34.9 Å². The summed E-state index contributed by atoms with van der Waals surface area (Å²) < 4.78 is 50.6. The Hall–Kier alpha value is -9.91. The number of aryl methyl sites for hydroxylation is 1. The Labute approximate surface area is 513 Å². The van der Waals surface area contributed by atoms with Gasteiger partial charge >= 0.3 is 12.1 Å². The minimum atomic E-state index is -5.19. The number of amides is 2. The van der Waals surface area contributed by atoms with E-state index in [1.807, 2.05) is 121 Å². The van der Waals surface area contributed by atoms with Gasteiger partial charge in [-0.2, -0.15) is 18.2 Å². The number of carboxylic acid groups (broad SMARTS) is 1. The Morgan fingerprint density at radius 3 is 1.88 bits per heavy atom. The number of alkyl halides is 3. The van der Waals surface area contributed by atoms with E-state index in [0.29, 0.717) is 38.3 Å². The first-order valence-corrected chi connectivity index (χ1v) is 29.7. The second-order valence-electron chi connectivity index (χ2n) is 19.5. The number of benzene rings is 6. The van der Waals surface area contributed by atoms with Crippen LogP contribution in [0.15, 0.2) is 226 Å². The summed E-state index contributed by atoms with van der Waals surface area (Å²) in [7, 11) is 3.44. The maximum Gasteiger partial charge on any atom is 0.430 e. The normalized spacial score (nSPS) is 14.9. The lowest BCUT2D eigenvalue weighted by Crippen LogP contribution is -2.71. The van der Waals surface area contributed by atoms with E-state index in [2.05, 4.69) is 20.8 Å². The van der Waals surface area contributed by atoms with Crippen LogP contribution in [0.5, 0.6) is 5.75 Å². The average Bonchev–Trinajstić information content (AvgIpc) is 0.838. The fraction of sp³-hybridized carbons (Fsp3) is 0.156. The Bertz CT molecular complexity index is 3920. The zero-order chi connectivity index (χ0) is 62.0. The summed E-state index contributed by atoms with van der Waals surface area (Å²) >= 11 is 3.81. The van der Waals surface area contributed by atoms with Gasteiger partial charge in [0, 0.05) is 34.1 Å². The highest BCUT2D eigenvalue weighted by Gasteiger charge is 2.55. The zero-order valence-corrected chi connectivity index (χ0v) is 48.9. The fourth-order valence-electron chi connectivity index (χ4n) is 9.51. The van der Waals surface area contributed by atoms with E-state index in [1.165, 1.54) is 39.8 Å². The number of rotatable bonds is 21. The Morgan fingerprint density at radius 2 is 1.34 bits per heavy atom. The number of oxime groups is 1. The number of carboxylic acids is 1. The molecular weight excluding hydrogens is 1200 g/mol. The van der Waals surface area contributed by atoms with Gasteiger partial charge in [0.15, 0.2) is 34.3 Å². The maximum absolute atomic E-state index is 15.1. The molecule has 1 saturated heterocycles. The number of thiazole rings is 1. The second-order valence-corrected chi connectivity index (χ2v) is 22.4. The first kappa shape index (κ1) is 61.2. The first-order chi connectivity index (χ1) is 42.5. The largest absolute Gasteiger partial charge is 0.542 e. The van der Waals surface area contributed by atoms with Gasteiger partial charge in [-0.3, -0.25) is 24.1 Å². The highest BCUT2D eigenvalue weighted by molar-refractivity contribution is 8.01. The highest BCUT2D eigenvalue weighted by atomic mass is 32.2. The van der Waals surface area contributed by atoms with Gasteiger partial charge in [0.1, 0.15) is 53.7 Å². The van der Waals surface area contributed by atoms with Gasteiger partial charge < -0.3 is 39.3 Å². The molecule has 18 nitrogen and oxygen atoms in total. The molecule has 0 bridgehead atoms. The maximum atomic E-state index is 15.1. The van der Waals surface area contributed by atoms with Crippen LogP contribution in [0, 0.1) is 0 Å². The van der Waals surface area contributed by atoms with Crippen molar-refractivity contribution < 1.29 is 70.3 Å². The molecule has 3 aromatic heterocycles. The molecule has 2 aliphatic heterocycles. The van der Waals surface area contributed by atoms with Crippen molar-refractivity contribution in [1.82, 2.24) is 20.2 Å². The summed E-state index contributed by atoms with van der Waals surface area (Å²) in [4.78, 5) is 98.4. The average molecular weight is 1250 g/mol. The number of ketones is 2. The molecule has 0 saturated carbocycles. The van der Waals surface area contributed by atoms with Crippen molar-refractivity contribution in [2.45, 2.75) is 41.1 Å². The third-order valence-corrected chi connectivity index (χ3v) is 16.8. The van der Waals surface area contributed by atoms with Gasteiger partial charge in [0.25, 0.3) is 23.1 Å². The number of esters is 1. The molecule has 5 heterocycles. The van der Waals surface area contributed by atoms with Gasteiger partial charge in [-0.1, -0.05) is 181 Å². The third kappa shape index (κ3) is 13.7. The topological polar surface area (TPSA) is 236 Å². The quantitative estimate of drug-likeness (QED) is 0.00786. The number of carbonyl (C=O) groups is 6. The Morgan fingerprint density at radius 1 is 0.795 bits per heavy atom. The number of nitrogens with zero attached hydrogens (tertiary/aromatic N) is 5. The highest BCUT2D eigenvalue weighted by Crippen LogP contribution is 2.44. The number of Topliss-reactive ketones (excluding diaryl/α,β-unsaturated/α-hetero) is 2. The molecule has 9 aromatic rings. The van der Waals surface area contributed by atoms with Gasteiger partial charge in [-0.15, -0.1) is 23.1 Å². The standard InChI is InChI=1S/C62H49N7O9S3.C2HF3O2/c1-68-33-32-49-47(34-68)64-61(77-49)81-37-42-36-79-58-51(57(73)69(58)52(42)59(74)76-35-39-28-30-46(75-2)31-29-39)65-56(72)50(67-78-55(53(70)40-18-8-3-9-19-40)54(71)41-20-10-4-11-21-41)48-38-80-60(63-48)66-62(43-22-12-5-13-23-43,44-24-14-6-15-25-44)45-26-16-7-17-27-45;3-2(4,5)1(6)7/h3-34,38,51,55,58H,35-37H2,1-2H3,(H-,63,65,66,72);(H,6,7)/b67-50-;/t51?,58-;/m0./s1. The first-order valence-electron chi connectivity index (χ1n) is 26.8. The Balaban J connectivity index is 0.00000115. The smallest absolute Gasteiger partial charge is 0.430 e. The van der Waals surface area contributed by atoms with Gasteiger partial charge in [0.2, 0.25) is 11.6 Å². The number of halogens is 3. The summed E-state index contributed by atoms with van der Waals surface area (Å²) in [6.45, 7) is -0.0943. The number of ether oxygens (including phenoxy) is 2. The van der Waals surface area contributed by atoms with Crippen molar-refractivity contribution >= 4 is 92.1 Å². The molecule has 6 aromatic carbocycles. The molecular formula is C64H50F3N7O11S3. The van der Waals surface area contributed by atoms with Gasteiger partial charge in [0.05, 0.1) is 7.11 Å². The summed E-state index contributed by atoms with van der Waals surface area (Å²) in [5, 5.41) is 21.3. The molecule has 0 spiro atoms. The summed E-state index contributed by atoms with van der Waals surface area (Å²) in [5.41, 5.74) is 4.20. The van der Waals surface area contributed by atoms with E-state index in [9.17, 15) is 32.3 Å². The van der Waals surface area contributed by atoms with Crippen LogP contribution < -0.4 is 25.0 Å². The lowest BCUT2D eigenvalue weighted by atomic mass is 9.77. The van der Waals surface area contributed by atoms with Crippen LogP contribution in [0.25, 0.3) is 11.1 Å².